The van der Waals surface area contributed by atoms with Crippen molar-refractivity contribution in [2.24, 2.45) is 0 Å². The molecule has 1 amide bonds. The molecule has 7 nitrogen and oxygen atoms in total. The topological polar surface area (TPSA) is 105 Å². The summed E-state index contributed by atoms with van der Waals surface area (Å²) in [6.45, 7) is 1.63. The molecular formula is C18H19N3O4. The Labute approximate surface area is 143 Å². The van der Waals surface area contributed by atoms with Crippen LogP contribution in [0.1, 0.15) is 65.4 Å². The maximum absolute atomic E-state index is 12.2. The van der Waals surface area contributed by atoms with E-state index in [0.717, 1.165) is 37.2 Å². The summed E-state index contributed by atoms with van der Waals surface area (Å²) in [7, 11) is 0. The van der Waals surface area contributed by atoms with Crippen LogP contribution in [-0.2, 0) is 0 Å². The number of amides is 1. The van der Waals surface area contributed by atoms with Crippen LogP contribution >= 0.6 is 0 Å². The Morgan fingerprint density at radius 2 is 1.96 bits per heavy atom. The van der Waals surface area contributed by atoms with E-state index in [9.17, 15) is 14.4 Å². The standard InChI is InChI=1S/C18H19N3O4/c1-9-4-13(22)7-15(25-9)18(24)19-12-5-11(6-12)14-8-16(23)21-17(20-14)10-2-3-10/h4,7-8,10-12H,2-3,5-6H2,1H3,(H,19,24)(H,20,21,23). The Morgan fingerprint density at radius 1 is 1.20 bits per heavy atom. The van der Waals surface area contributed by atoms with Gasteiger partial charge in [-0.3, -0.25) is 14.4 Å². The Balaban J connectivity index is 1.40. The van der Waals surface area contributed by atoms with E-state index < -0.39 is 0 Å². The van der Waals surface area contributed by atoms with Gasteiger partial charge in [0.05, 0.1) is 5.69 Å². The van der Waals surface area contributed by atoms with E-state index in [0.29, 0.717) is 11.7 Å². The Morgan fingerprint density at radius 3 is 2.64 bits per heavy atom. The zero-order valence-electron chi connectivity index (χ0n) is 13.9. The second-order valence-electron chi connectivity index (χ2n) is 6.94. The molecule has 2 N–H and O–H groups in total. The molecule has 0 bridgehead atoms. The Hall–Kier alpha value is -2.70. The second-order valence-corrected chi connectivity index (χ2v) is 6.94. The molecule has 2 aliphatic carbocycles. The monoisotopic (exact) mass is 341 g/mol. The van der Waals surface area contributed by atoms with Gasteiger partial charge in [-0.25, -0.2) is 4.98 Å². The summed E-state index contributed by atoms with van der Waals surface area (Å²) in [5, 5.41) is 2.87. The van der Waals surface area contributed by atoms with Crippen LogP contribution in [-0.4, -0.2) is 21.9 Å². The van der Waals surface area contributed by atoms with Crippen molar-refractivity contribution in [2.45, 2.75) is 50.5 Å². The summed E-state index contributed by atoms with van der Waals surface area (Å²) in [5.41, 5.74) is 0.444. The average molecular weight is 341 g/mol. The molecule has 0 spiro atoms. The highest BCUT2D eigenvalue weighted by Crippen LogP contribution is 2.40. The van der Waals surface area contributed by atoms with E-state index in [1.54, 1.807) is 13.0 Å². The fourth-order valence-corrected chi connectivity index (χ4v) is 3.20. The molecule has 2 heterocycles. The van der Waals surface area contributed by atoms with Crippen molar-refractivity contribution < 1.29 is 9.21 Å². The molecule has 0 aromatic carbocycles. The normalized spacial score (nSPS) is 22.3. The number of H-pyrrole nitrogens is 1. The van der Waals surface area contributed by atoms with Crippen LogP contribution in [0.5, 0.6) is 0 Å². The van der Waals surface area contributed by atoms with Gasteiger partial charge < -0.3 is 14.7 Å². The lowest BCUT2D eigenvalue weighted by atomic mass is 9.78. The minimum Gasteiger partial charge on any atom is -0.456 e. The highest BCUT2D eigenvalue weighted by Gasteiger charge is 2.34. The number of hydrogen-bond donors (Lipinski definition) is 2. The lowest BCUT2D eigenvalue weighted by molar-refractivity contribution is 0.0875. The first-order chi connectivity index (χ1) is 12.0. The van der Waals surface area contributed by atoms with Crippen LogP contribution in [0.15, 0.2) is 32.2 Å². The van der Waals surface area contributed by atoms with Gasteiger partial charge in [0.15, 0.2) is 11.2 Å². The molecule has 130 valence electrons. The van der Waals surface area contributed by atoms with Gasteiger partial charge in [-0.2, -0.15) is 0 Å². The average Bonchev–Trinajstić information content (AvgIpc) is 3.33. The summed E-state index contributed by atoms with van der Waals surface area (Å²) in [5.74, 6) is 1.41. The predicted octanol–water partition coefficient (Wildman–Crippen LogP) is 1.58. The van der Waals surface area contributed by atoms with Crippen molar-refractivity contribution in [2.75, 3.05) is 0 Å². The van der Waals surface area contributed by atoms with Gasteiger partial charge in [-0.05, 0) is 32.6 Å². The summed E-state index contributed by atoms with van der Waals surface area (Å²) < 4.78 is 5.30. The quantitative estimate of drug-likeness (QED) is 0.878. The van der Waals surface area contributed by atoms with Gasteiger partial charge in [0.1, 0.15) is 11.6 Å². The van der Waals surface area contributed by atoms with E-state index >= 15 is 0 Å². The molecule has 2 fully saturated rings. The predicted molar refractivity (Wildman–Crippen MR) is 89.8 cm³/mol. The molecule has 2 aromatic rings. The Kier molecular flexibility index (Phi) is 3.78. The van der Waals surface area contributed by atoms with Gasteiger partial charge in [-0.1, -0.05) is 0 Å². The third kappa shape index (κ3) is 3.40. The zero-order valence-corrected chi connectivity index (χ0v) is 13.9. The minimum absolute atomic E-state index is 0.00576. The van der Waals surface area contributed by atoms with E-state index in [2.05, 4.69) is 15.3 Å². The number of aromatic amines is 1. The molecule has 25 heavy (non-hydrogen) atoms. The number of carbonyl (C=O) groups is 1. The largest absolute Gasteiger partial charge is 0.456 e. The number of nitrogens with one attached hydrogen (secondary N) is 2. The van der Waals surface area contributed by atoms with Crippen LogP contribution in [0, 0.1) is 6.92 Å². The molecule has 2 saturated carbocycles. The van der Waals surface area contributed by atoms with E-state index in [-0.39, 0.29) is 34.6 Å². The van der Waals surface area contributed by atoms with Crippen molar-refractivity contribution >= 4 is 5.91 Å². The fourth-order valence-electron chi connectivity index (χ4n) is 3.20. The van der Waals surface area contributed by atoms with Gasteiger partial charge in [0.25, 0.3) is 11.5 Å². The number of aromatic nitrogens is 2. The highest BCUT2D eigenvalue weighted by atomic mass is 16.3. The lowest BCUT2D eigenvalue weighted by Gasteiger charge is -2.35. The van der Waals surface area contributed by atoms with Gasteiger partial charge in [0, 0.05) is 36.1 Å². The van der Waals surface area contributed by atoms with Gasteiger partial charge in [-0.15, -0.1) is 0 Å². The maximum Gasteiger partial charge on any atom is 0.287 e. The summed E-state index contributed by atoms with van der Waals surface area (Å²) in [6, 6.07) is 4.08. The van der Waals surface area contributed by atoms with Gasteiger partial charge >= 0.3 is 0 Å². The molecule has 0 atom stereocenters. The van der Waals surface area contributed by atoms with Crippen LogP contribution in [0.2, 0.25) is 0 Å². The molecule has 0 unspecified atom stereocenters. The molecule has 2 aromatic heterocycles. The van der Waals surface area contributed by atoms with Crippen molar-refractivity contribution in [1.29, 1.82) is 0 Å². The SMILES string of the molecule is Cc1cc(=O)cc(C(=O)NC2CC(c3cc(=O)[nH]c(C4CC4)n3)C2)o1. The third-order valence-electron chi connectivity index (χ3n) is 4.75. The molecule has 4 rings (SSSR count). The molecule has 0 aliphatic heterocycles. The molecule has 0 saturated heterocycles. The molecule has 2 aliphatic rings. The van der Waals surface area contributed by atoms with Crippen LogP contribution in [0.4, 0.5) is 0 Å². The van der Waals surface area contributed by atoms with Gasteiger partial charge in [0.2, 0.25) is 0 Å². The van der Waals surface area contributed by atoms with E-state index in [1.807, 2.05) is 0 Å². The zero-order chi connectivity index (χ0) is 17.6. The minimum atomic E-state index is -0.387. The summed E-state index contributed by atoms with van der Waals surface area (Å²) >= 11 is 0. The smallest absolute Gasteiger partial charge is 0.287 e. The number of nitrogens with zero attached hydrogens (tertiary/aromatic N) is 1. The summed E-state index contributed by atoms with van der Waals surface area (Å²) in [4.78, 5) is 42.8. The molecule has 7 heteroatoms. The first kappa shape index (κ1) is 15.8. The number of carbonyl (C=O) groups excluding carboxylic acids is 1. The second kappa shape index (κ2) is 5.98. The van der Waals surface area contributed by atoms with E-state index in [4.69, 9.17) is 4.42 Å². The number of hydrogen-bond acceptors (Lipinski definition) is 5. The van der Waals surface area contributed by atoms with E-state index in [1.165, 1.54) is 12.1 Å². The van der Waals surface area contributed by atoms with Crippen molar-refractivity contribution in [3.05, 3.63) is 61.8 Å². The first-order valence-corrected chi connectivity index (χ1v) is 8.52. The molecular weight excluding hydrogens is 322 g/mol. The molecule has 0 radical (unpaired) electrons. The number of rotatable bonds is 4. The highest BCUT2D eigenvalue weighted by molar-refractivity contribution is 5.91. The maximum atomic E-state index is 12.2. The van der Waals surface area contributed by atoms with Crippen molar-refractivity contribution in [3.8, 4) is 0 Å². The van der Waals surface area contributed by atoms with Crippen LogP contribution in [0.25, 0.3) is 0 Å². The first-order valence-electron chi connectivity index (χ1n) is 8.52. The summed E-state index contributed by atoms with van der Waals surface area (Å²) in [6.07, 6.45) is 3.61. The number of aryl methyl sites for hydroxylation is 1. The Bertz CT molecular complexity index is 936. The van der Waals surface area contributed by atoms with Crippen molar-refractivity contribution in [1.82, 2.24) is 15.3 Å². The van der Waals surface area contributed by atoms with Crippen LogP contribution in [0.3, 0.4) is 0 Å². The lowest BCUT2D eigenvalue weighted by Crippen LogP contribution is -2.44. The third-order valence-corrected chi connectivity index (χ3v) is 4.75. The van der Waals surface area contributed by atoms with Crippen molar-refractivity contribution in [3.63, 3.8) is 0 Å². The van der Waals surface area contributed by atoms with Crippen LogP contribution < -0.4 is 16.3 Å². The fraction of sp³-hybridized carbons (Fsp3) is 0.444.